The summed E-state index contributed by atoms with van der Waals surface area (Å²) in [6.45, 7) is 4.58. The first-order valence-electron chi connectivity index (χ1n) is 9.10. The van der Waals surface area contributed by atoms with Crippen molar-refractivity contribution in [1.29, 1.82) is 0 Å². The fourth-order valence-electron chi connectivity index (χ4n) is 2.92. The SMILES string of the molecule is CCCCCCCN1C=CN(CC(=O)CCc2ccc(F)cc2)C1.Cl. The van der Waals surface area contributed by atoms with Gasteiger partial charge in [0.1, 0.15) is 5.82 Å². The third-order valence-electron chi connectivity index (χ3n) is 4.39. The molecule has 1 aliphatic rings. The Morgan fingerprint density at radius 2 is 1.72 bits per heavy atom. The van der Waals surface area contributed by atoms with E-state index in [9.17, 15) is 9.18 Å². The molecule has 3 nitrogen and oxygen atoms in total. The normalized spacial score (nSPS) is 13.2. The maximum absolute atomic E-state index is 12.9. The molecule has 0 spiro atoms. The maximum atomic E-state index is 12.9. The van der Waals surface area contributed by atoms with Crippen molar-refractivity contribution in [3.8, 4) is 0 Å². The predicted octanol–water partition coefficient (Wildman–Crippen LogP) is 4.77. The monoisotopic (exact) mass is 368 g/mol. The number of carbonyl (C=O) groups excluding carboxylic acids is 1. The second-order valence-corrected chi connectivity index (χ2v) is 6.58. The van der Waals surface area contributed by atoms with Gasteiger partial charge in [0.15, 0.2) is 5.78 Å². The molecule has 1 heterocycles. The second-order valence-electron chi connectivity index (χ2n) is 6.58. The van der Waals surface area contributed by atoms with E-state index in [4.69, 9.17) is 0 Å². The zero-order valence-corrected chi connectivity index (χ0v) is 15.9. The van der Waals surface area contributed by atoms with Gasteiger partial charge in [-0.15, -0.1) is 12.4 Å². The van der Waals surface area contributed by atoms with Crippen LogP contribution in [0.4, 0.5) is 4.39 Å². The molecule has 0 saturated carbocycles. The Morgan fingerprint density at radius 3 is 2.44 bits per heavy atom. The third kappa shape index (κ3) is 8.39. The summed E-state index contributed by atoms with van der Waals surface area (Å²) in [7, 11) is 0. The summed E-state index contributed by atoms with van der Waals surface area (Å²) in [6.07, 6.45) is 11.7. The average Bonchev–Trinajstić information content (AvgIpc) is 3.01. The Kier molecular flexibility index (Phi) is 10.2. The lowest BCUT2D eigenvalue weighted by molar-refractivity contribution is -0.119. The summed E-state index contributed by atoms with van der Waals surface area (Å²) in [5.74, 6) is -0.00385. The van der Waals surface area contributed by atoms with E-state index in [1.807, 2.05) is 6.20 Å². The molecule has 0 atom stereocenters. The van der Waals surface area contributed by atoms with Gasteiger partial charge in [0, 0.05) is 25.4 Å². The fraction of sp³-hybridized carbons (Fsp3) is 0.550. The maximum Gasteiger partial charge on any atom is 0.152 e. The first-order valence-corrected chi connectivity index (χ1v) is 9.10. The molecule has 0 bridgehead atoms. The number of aryl methyl sites for hydroxylation is 1. The number of halogens is 2. The molecule has 0 N–H and O–H groups in total. The number of unbranched alkanes of at least 4 members (excludes halogenated alkanes) is 4. The van der Waals surface area contributed by atoms with Gasteiger partial charge in [0.05, 0.1) is 13.2 Å². The van der Waals surface area contributed by atoms with Crippen molar-refractivity contribution < 1.29 is 9.18 Å². The molecule has 1 aliphatic heterocycles. The van der Waals surface area contributed by atoms with E-state index in [2.05, 4.69) is 22.9 Å². The fourth-order valence-corrected chi connectivity index (χ4v) is 2.92. The van der Waals surface area contributed by atoms with Crippen LogP contribution in [0.3, 0.4) is 0 Å². The molecule has 0 unspecified atom stereocenters. The molecule has 0 amide bonds. The highest BCUT2D eigenvalue weighted by molar-refractivity contribution is 5.85. The highest BCUT2D eigenvalue weighted by Gasteiger charge is 2.14. The number of rotatable bonds is 11. The smallest absolute Gasteiger partial charge is 0.152 e. The topological polar surface area (TPSA) is 23.6 Å². The Balaban J connectivity index is 0.00000312. The Bertz CT molecular complexity index is 533. The first-order chi connectivity index (χ1) is 11.7. The number of hydrogen-bond donors (Lipinski definition) is 0. The third-order valence-corrected chi connectivity index (χ3v) is 4.39. The van der Waals surface area contributed by atoms with Crippen LogP contribution in [0.5, 0.6) is 0 Å². The Labute approximate surface area is 157 Å². The van der Waals surface area contributed by atoms with E-state index >= 15 is 0 Å². The molecule has 1 aromatic rings. The van der Waals surface area contributed by atoms with Gasteiger partial charge < -0.3 is 9.80 Å². The molecular weight excluding hydrogens is 339 g/mol. The van der Waals surface area contributed by atoms with Crippen molar-refractivity contribution >= 4 is 18.2 Å². The van der Waals surface area contributed by atoms with Crippen LogP contribution in [0.2, 0.25) is 0 Å². The lowest BCUT2D eigenvalue weighted by Crippen LogP contribution is -2.30. The quantitative estimate of drug-likeness (QED) is 0.526. The number of carbonyl (C=O) groups is 1. The van der Waals surface area contributed by atoms with E-state index in [1.54, 1.807) is 12.1 Å². The molecule has 2 rings (SSSR count). The molecule has 0 radical (unpaired) electrons. The summed E-state index contributed by atoms with van der Waals surface area (Å²) in [5, 5.41) is 0. The van der Waals surface area contributed by atoms with Crippen molar-refractivity contribution in [3.05, 3.63) is 48.0 Å². The van der Waals surface area contributed by atoms with Crippen LogP contribution in [0.1, 0.15) is 51.0 Å². The van der Waals surface area contributed by atoms with Gasteiger partial charge in [-0.3, -0.25) is 4.79 Å². The summed E-state index contributed by atoms with van der Waals surface area (Å²) in [5.41, 5.74) is 1.01. The molecule has 0 fully saturated rings. The summed E-state index contributed by atoms with van der Waals surface area (Å²) in [6, 6.07) is 6.39. The van der Waals surface area contributed by atoms with Gasteiger partial charge in [0.25, 0.3) is 0 Å². The first kappa shape index (κ1) is 21.5. The number of benzene rings is 1. The van der Waals surface area contributed by atoms with Crippen molar-refractivity contribution in [2.75, 3.05) is 19.8 Å². The lowest BCUT2D eigenvalue weighted by atomic mass is 10.1. The average molecular weight is 369 g/mol. The van der Waals surface area contributed by atoms with Crippen LogP contribution in [0, 0.1) is 5.82 Å². The van der Waals surface area contributed by atoms with Crippen LogP contribution in [0.15, 0.2) is 36.7 Å². The standard InChI is InChI=1S/C20H29FN2O.ClH/c1-2-3-4-5-6-13-22-14-15-23(17-22)16-20(24)12-9-18-7-10-19(21)11-8-18;/h7-8,10-11,14-15H,2-6,9,12-13,16-17H2,1H3;1H. The number of Topliss-reactive ketones (excluding diaryl/α,β-unsaturated/α-hetero) is 1. The summed E-state index contributed by atoms with van der Waals surface area (Å²) >= 11 is 0. The minimum Gasteiger partial charge on any atom is -0.359 e. The molecule has 0 aliphatic carbocycles. The van der Waals surface area contributed by atoms with Gasteiger partial charge in [-0.05, 0) is 30.5 Å². The minimum atomic E-state index is -0.234. The number of hydrogen-bond acceptors (Lipinski definition) is 3. The largest absolute Gasteiger partial charge is 0.359 e. The molecule has 25 heavy (non-hydrogen) atoms. The summed E-state index contributed by atoms with van der Waals surface area (Å²) < 4.78 is 12.9. The van der Waals surface area contributed by atoms with E-state index in [0.717, 1.165) is 18.8 Å². The van der Waals surface area contributed by atoms with Crippen molar-refractivity contribution in [2.24, 2.45) is 0 Å². The molecule has 5 heteroatoms. The number of nitrogens with zero attached hydrogens (tertiary/aromatic N) is 2. The Morgan fingerprint density at radius 1 is 1.04 bits per heavy atom. The lowest BCUT2D eigenvalue weighted by Gasteiger charge is -2.20. The number of ketones is 1. The Hall–Kier alpha value is -1.55. The van der Waals surface area contributed by atoms with Crippen LogP contribution < -0.4 is 0 Å². The van der Waals surface area contributed by atoms with E-state index in [1.165, 1.54) is 44.2 Å². The van der Waals surface area contributed by atoms with Crippen molar-refractivity contribution in [3.63, 3.8) is 0 Å². The van der Waals surface area contributed by atoms with Crippen molar-refractivity contribution in [2.45, 2.75) is 51.9 Å². The van der Waals surface area contributed by atoms with Gasteiger partial charge in [-0.2, -0.15) is 0 Å². The zero-order chi connectivity index (χ0) is 17.2. The molecular formula is C20H30ClFN2O. The molecule has 0 aromatic heterocycles. The van der Waals surface area contributed by atoms with Crippen LogP contribution >= 0.6 is 12.4 Å². The highest BCUT2D eigenvalue weighted by atomic mass is 35.5. The van der Waals surface area contributed by atoms with Crippen LogP contribution in [-0.4, -0.2) is 35.3 Å². The van der Waals surface area contributed by atoms with E-state index in [0.29, 0.717) is 19.4 Å². The van der Waals surface area contributed by atoms with Gasteiger partial charge in [0.2, 0.25) is 0 Å². The van der Waals surface area contributed by atoms with Gasteiger partial charge in [-0.25, -0.2) is 4.39 Å². The second kappa shape index (κ2) is 11.9. The minimum absolute atomic E-state index is 0. The molecule has 1 aromatic carbocycles. The molecule has 0 saturated heterocycles. The molecule has 140 valence electrons. The van der Waals surface area contributed by atoms with E-state index in [-0.39, 0.29) is 24.0 Å². The highest BCUT2D eigenvalue weighted by Crippen LogP contribution is 2.11. The van der Waals surface area contributed by atoms with Crippen LogP contribution in [-0.2, 0) is 11.2 Å². The summed E-state index contributed by atoms with van der Waals surface area (Å²) in [4.78, 5) is 16.5. The van der Waals surface area contributed by atoms with Crippen molar-refractivity contribution in [1.82, 2.24) is 9.80 Å². The zero-order valence-electron chi connectivity index (χ0n) is 15.1. The van der Waals surface area contributed by atoms with Crippen LogP contribution in [0.25, 0.3) is 0 Å². The van der Waals surface area contributed by atoms with E-state index < -0.39 is 0 Å². The van der Waals surface area contributed by atoms with Gasteiger partial charge >= 0.3 is 0 Å². The van der Waals surface area contributed by atoms with Gasteiger partial charge in [-0.1, -0.05) is 44.7 Å². The predicted molar refractivity (Wildman–Crippen MR) is 103 cm³/mol.